The number of ketones is 2. The number of carbonyl (C=O) groups excluding carboxylic acids is 2. The molecule has 31 heavy (non-hydrogen) atoms. The van der Waals surface area contributed by atoms with E-state index in [2.05, 4.69) is 10.6 Å². The Morgan fingerprint density at radius 2 is 0.935 bits per heavy atom. The van der Waals surface area contributed by atoms with Gasteiger partial charge in [-0.3, -0.25) is 9.59 Å². The predicted molar refractivity (Wildman–Crippen MR) is 114 cm³/mol. The summed E-state index contributed by atoms with van der Waals surface area (Å²) < 4.78 is 9.69. The Hall–Kier alpha value is -1.88. The van der Waals surface area contributed by atoms with Crippen molar-refractivity contribution in [3.63, 3.8) is 0 Å². The van der Waals surface area contributed by atoms with E-state index in [0.717, 1.165) is 32.1 Å². The monoisotopic (exact) mass is 446 g/mol. The number of carboxylic acid groups (broad SMARTS) is 2. The van der Waals surface area contributed by atoms with Crippen LogP contribution in [0.3, 0.4) is 0 Å². The van der Waals surface area contributed by atoms with Crippen LogP contribution >= 0.6 is 0 Å². The van der Waals surface area contributed by atoms with Gasteiger partial charge in [0.2, 0.25) is 0 Å². The van der Waals surface area contributed by atoms with Crippen molar-refractivity contribution in [1.29, 1.82) is 0 Å². The molecule has 0 heterocycles. The summed E-state index contributed by atoms with van der Waals surface area (Å²) in [7, 11) is 0. The molecule has 180 valence electrons. The molecule has 0 aliphatic carbocycles. The average Bonchev–Trinajstić information content (AvgIpc) is 2.65. The lowest BCUT2D eigenvalue weighted by Crippen LogP contribution is -2.49. The summed E-state index contributed by atoms with van der Waals surface area (Å²) in [6, 6.07) is 0. The van der Waals surface area contributed by atoms with Gasteiger partial charge < -0.3 is 30.3 Å². The SMILES string of the molecule is CC(C)(NCCCCCCCNC(C)(C)C(=O)COCC(=O)O)C(=O)COCC(=O)O. The molecule has 4 N–H and O–H groups in total. The number of Topliss-reactive ketones (excluding diaryl/α,β-unsaturated/α-hetero) is 2. The van der Waals surface area contributed by atoms with E-state index in [9.17, 15) is 19.2 Å². The first-order valence-electron chi connectivity index (χ1n) is 10.5. The molecule has 0 fully saturated rings. The van der Waals surface area contributed by atoms with Gasteiger partial charge in [0.1, 0.15) is 26.4 Å². The highest BCUT2D eigenvalue weighted by atomic mass is 16.5. The van der Waals surface area contributed by atoms with Gasteiger partial charge in [-0.1, -0.05) is 19.3 Å². The van der Waals surface area contributed by atoms with Crippen LogP contribution in [0.1, 0.15) is 59.8 Å². The number of hydrogen-bond donors (Lipinski definition) is 4. The minimum atomic E-state index is -1.10. The quantitative estimate of drug-likeness (QED) is 0.199. The van der Waals surface area contributed by atoms with Gasteiger partial charge in [0.25, 0.3) is 0 Å². The number of ether oxygens (including phenoxy) is 2. The Morgan fingerprint density at radius 1 is 0.613 bits per heavy atom. The van der Waals surface area contributed by atoms with E-state index in [1.807, 2.05) is 0 Å². The maximum Gasteiger partial charge on any atom is 0.329 e. The van der Waals surface area contributed by atoms with E-state index in [-0.39, 0.29) is 24.8 Å². The summed E-state index contributed by atoms with van der Waals surface area (Å²) in [4.78, 5) is 44.9. The molecule has 0 atom stereocenters. The Balaban J connectivity index is 3.82. The molecule has 0 amide bonds. The smallest absolute Gasteiger partial charge is 0.329 e. The molecule has 0 saturated carbocycles. The summed E-state index contributed by atoms with van der Waals surface area (Å²) in [5.41, 5.74) is -1.54. The summed E-state index contributed by atoms with van der Waals surface area (Å²) in [5.74, 6) is -2.59. The highest BCUT2D eigenvalue weighted by molar-refractivity contribution is 5.89. The molecule has 0 aliphatic heterocycles. The van der Waals surface area contributed by atoms with Crippen LogP contribution in [-0.4, -0.2) is 84.3 Å². The van der Waals surface area contributed by atoms with E-state index in [0.29, 0.717) is 13.1 Å². The van der Waals surface area contributed by atoms with Crippen molar-refractivity contribution < 1.29 is 38.9 Å². The van der Waals surface area contributed by atoms with Crippen LogP contribution in [0.5, 0.6) is 0 Å². The molecule has 0 aliphatic rings. The Labute approximate surface area is 184 Å². The van der Waals surface area contributed by atoms with E-state index in [1.54, 1.807) is 27.7 Å². The molecule has 0 bridgehead atoms. The van der Waals surface area contributed by atoms with Gasteiger partial charge in [-0.25, -0.2) is 9.59 Å². The van der Waals surface area contributed by atoms with Crippen LogP contribution in [-0.2, 0) is 28.7 Å². The zero-order chi connectivity index (χ0) is 23.9. The molecule has 10 nitrogen and oxygen atoms in total. The standard InChI is InChI=1S/C21H38N2O8/c1-20(2,16(24)12-30-14-18(26)27)22-10-8-6-5-7-9-11-23-21(3,4)17(25)13-31-15-19(28)29/h22-23H,5-15H2,1-4H3,(H,26,27)(H,28,29). The van der Waals surface area contributed by atoms with Crippen LogP contribution in [0.25, 0.3) is 0 Å². The fraction of sp³-hybridized carbons (Fsp3) is 0.810. The van der Waals surface area contributed by atoms with Crippen LogP contribution in [0, 0.1) is 0 Å². The van der Waals surface area contributed by atoms with Gasteiger partial charge in [-0.2, -0.15) is 0 Å². The number of unbranched alkanes of at least 4 members (excludes halogenated alkanes) is 4. The highest BCUT2D eigenvalue weighted by Crippen LogP contribution is 2.08. The second-order valence-corrected chi connectivity index (χ2v) is 8.49. The third-order valence-corrected chi connectivity index (χ3v) is 4.80. The van der Waals surface area contributed by atoms with Crippen LogP contribution in [0.2, 0.25) is 0 Å². The second-order valence-electron chi connectivity index (χ2n) is 8.49. The number of carbonyl (C=O) groups is 4. The lowest BCUT2D eigenvalue weighted by molar-refractivity contribution is -0.145. The van der Waals surface area contributed by atoms with E-state index in [1.165, 1.54) is 0 Å². The Kier molecular flexibility index (Phi) is 14.1. The lowest BCUT2D eigenvalue weighted by atomic mass is 9.99. The maximum atomic E-state index is 12.1. The number of hydrogen-bond acceptors (Lipinski definition) is 8. The van der Waals surface area contributed by atoms with Crippen molar-refractivity contribution in [1.82, 2.24) is 10.6 Å². The van der Waals surface area contributed by atoms with Crippen molar-refractivity contribution in [2.24, 2.45) is 0 Å². The average molecular weight is 447 g/mol. The van der Waals surface area contributed by atoms with Crippen molar-refractivity contribution >= 4 is 23.5 Å². The number of rotatable bonds is 20. The zero-order valence-electron chi connectivity index (χ0n) is 19.1. The molecule has 0 unspecified atom stereocenters. The van der Waals surface area contributed by atoms with Gasteiger partial charge in [0, 0.05) is 0 Å². The molecule has 10 heteroatoms. The third-order valence-electron chi connectivity index (χ3n) is 4.80. The first-order chi connectivity index (χ1) is 14.4. The fourth-order valence-electron chi connectivity index (χ4n) is 2.60. The largest absolute Gasteiger partial charge is 0.480 e. The molecule has 0 aromatic rings. The van der Waals surface area contributed by atoms with Crippen LogP contribution < -0.4 is 10.6 Å². The Bertz CT molecular complexity index is 540. The van der Waals surface area contributed by atoms with E-state index >= 15 is 0 Å². The summed E-state index contributed by atoms with van der Waals surface area (Å²) in [6.07, 6.45) is 4.84. The van der Waals surface area contributed by atoms with E-state index in [4.69, 9.17) is 19.7 Å². The second kappa shape index (κ2) is 15.0. The number of nitrogens with one attached hydrogen (secondary N) is 2. The van der Waals surface area contributed by atoms with Crippen LogP contribution in [0.15, 0.2) is 0 Å². The van der Waals surface area contributed by atoms with Crippen molar-refractivity contribution in [2.75, 3.05) is 39.5 Å². The molecular weight excluding hydrogens is 408 g/mol. The summed E-state index contributed by atoms with van der Waals surface area (Å²) in [6.45, 7) is 6.92. The minimum absolute atomic E-state index is 0.189. The number of aliphatic carboxylic acids is 2. The molecule has 0 aromatic heterocycles. The van der Waals surface area contributed by atoms with Gasteiger partial charge >= 0.3 is 11.9 Å². The lowest BCUT2D eigenvalue weighted by Gasteiger charge is -2.25. The van der Waals surface area contributed by atoms with Crippen LogP contribution in [0.4, 0.5) is 0 Å². The van der Waals surface area contributed by atoms with Gasteiger partial charge in [-0.15, -0.1) is 0 Å². The molecule has 0 aromatic carbocycles. The summed E-state index contributed by atoms with van der Waals surface area (Å²) in [5, 5.41) is 23.4. The molecule has 0 radical (unpaired) electrons. The maximum absolute atomic E-state index is 12.1. The summed E-state index contributed by atoms with van der Waals surface area (Å²) >= 11 is 0. The minimum Gasteiger partial charge on any atom is -0.480 e. The van der Waals surface area contributed by atoms with Crippen molar-refractivity contribution in [3.8, 4) is 0 Å². The highest BCUT2D eigenvalue weighted by Gasteiger charge is 2.27. The topological polar surface area (TPSA) is 151 Å². The Morgan fingerprint density at radius 3 is 1.26 bits per heavy atom. The fourth-order valence-corrected chi connectivity index (χ4v) is 2.60. The molecule has 0 saturated heterocycles. The van der Waals surface area contributed by atoms with Crippen molar-refractivity contribution in [3.05, 3.63) is 0 Å². The van der Waals surface area contributed by atoms with Crippen molar-refractivity contribution in [2.45, 2.75) is 70.9 Å². The molecular formula is C21H38N2O8. The van der Waals surface area contributed by atoms with E-state index < -0.39 is 36.2 Å². The predicted octanol–water partition coefficient (Wildman–Crippen LogP) is 1.01. The molecule has 0 spiro atoms. The third kappa shape index (κ3) is 14.7. The number of carboxylic acids is 2. The van der Waals surface area contributed by atoms with Gasteiger partial charge in [-0.05, 0) is 53.6 Å². The van der Waals surface area contributed by atoms with Gasteiger partial charge in [0.15, 0.2) is 11.6 Å². The normalized spacial score (nSPS) is 12.0. The first-order valence-corrected chi connectivity index (χ1v) is 10.5. The first kappa shape index (κ1) is 29.1. The zero-order valence-corrected chi connectivity index (χ0v) is 19.1. The van der Waals surface area contributed by atoms with Gasteiger partial charge in [0.05, 0.1) is 11.1 Å². The molecule has 0 rings (SSSR count).